The molecule has 0 saturated carbocycles. The summed E-state index contributed by atoms with van der Waals surface area (Å²) >= 11 is 1.23. The van der Waals surface area contributed by atoms with E-state index in [1.807, 2.05) is 6.07 Å². The topological polar surface area (TPSA) is 172 Å². The molecule has 2 aromatic carbocycles. The predicted octanol–water partition coefficient (Wildman–Crippen LogP) is -3.56. The van der Waals surface area contributed by atoms with E-state index in [1.165, 1.54) is 22.9 Å². The molecule has 6 amide bonds. The van der Waals surface area contributed by atoms with E-state index < -0.39 is 63.9 Å². The molecule has 0 spiro atoms. The quantitative estimate of drug-likeness (QED) is 0.140. The van der Waals surface area contributed by atoms with Crippen molar-refractivity contribution in [2.75, 3.05) is 13.1 Å². The van der Waals surface area contributed by atoms with Gasteiger partial charge < -0.3 is 25.4 Å². The zero-order valence-corrected chi connectivity index (χ0v) is 26.4. The molecule has 3 fully saturated rings. The van der Waals surface area contributed by atoms with Crippen LogP contribution in [0, 0.1) is 0 Å². The number of rotatable bonds is 7. The summed E-state index contributed by atoms with van der Waals surface area (Å²) in [5.74, 6) is -4.82. The summed E-state index contributed by atoms with van der Waals surface area (Å²) in [5.41, 5.74) is 1.08. The van der Waals surface area contributed by atoms with Gasteiger partial charge in [0.15, 0.2) is 0 Å². The van der Waals surface area contributed by atoms with Crippen LogP contribution in [0.25, 0.3) is 0 Å². The minimum Gasteiger partial charge on any atom is -0.548 e. The van der Waals surface area contributed by atoms with Crippen LogP contribution >= 0.6 is 11.8 Å². The van der Waals surface area contributed by atoms with E-state index >= 15 is 0 Å². The van der Waals surface area contributed by atoms with Gasteiger partial charge in [0.05, 0.1) is 31.3 Å². The van der Waals surface area contributed by atoms with E-state index in [4.69, 9.17) is 0 Å². The maximum absolute atomic E-state index is 13.5. The first-order chi connectivity index (χ1) is 20.0. The molecule has 3 unspecified atom stereocenters. The summed E-state index contributed by atoms with van der Waals surface area (Å²) < 4.78 is -0.841. The molecule has 3 heterocycles. The van der Waals surface area contributed by atoms with Crippen molar-refractivity contribution in [1.29, 1.82) is 0 Å². The van der Waals surface area contributed by atoms with Crippen molar-refractivity contribution in [2.45, 2.75) is 42.1 Å². The molecule has 0 radical (unpaired) electrons. The molecule has 15 heteroatoms. The minimum atomic E-state index is -1.38. The zero-order valence-electron chi connectivity index (χ0n) is 23.6. The van der Waals surface area contributed by atoms with Crippen LogP contribution in [-0.4, -0.2) is 91.9 Å². The smallest absolute Gasteiger partial charge is 0.548 e. The Labute approximate surface area is 273 Å². The van der Waals surface area contributed by atoms with Gasteiger partial charge in [0.2, 0.25) is 11.8 Å². The number of carbonyl (C=O) groups is 6. The number of nitrogens with one attached hydrogen (secondary N) is 2. The number of thioether (sulfide) groups is 1. The Morgan fingerprint density at radius 3 is 2.26 bits per heavy atom. The fourth-order valence-electron chi connectivity index (χ4n) is 5.11. The van der Waals surface area contributed by atoms with Crippen LogP contribution in [0.1, 0.15) is 31.0 Å². The molecule has 13 nitrogen and oxygen atoms in total. The Kier molecular flexibility index (Phi) is 9.64. The molecule has 2 N–H and O–H groups in total. The summed E-state index contributed by atoms with van der Waals surface area (Å²) in [7, 11) is 0. The molecule has 0 aliphatic carbocycles. The number of piperazine rings is 1. The van der Waals surface area contributed by atoms with Gasteiger partial charge in [-0.1, -0.05) is 60.7 Å². The van der Waals surface area contributed by atoms with E-state index in [2.05, 4.69) is 15.7 Å². The molecule has 5 rings (SSSR count). The Morgan fingerprint density at radius 2 is 1.63 bits per heavy atom. The third kappa shape index (κ3) is 6.32. The second kappa shape index (κ2) is 12.9. The van der Waals surface area contributed by atoms with Crippen molar-refractivity contribution >= 4 is 53.6 Å². The Morgan fingerprint density at radius 1 is 1.00 bits per heavy atom. The summed E-state index contributed by atoms with van der Waals surface area (Å²) in [4.78, 5) is 78.6. The maximum Gasteiger partial charge on any atom is 1.00 e. The van der Waals surface area contributed by atoms with E-state index in [1.54, 1.807) is 68.4 Å². The number of carboxylic acids is 1. The van der Waals surface area contributed by atoms with Gasteiger partial charge in [-0.15, -0.1) is 11.8 Å². The third-order valence-corrected chi connectivity index (χ3v) is 8.79. The molecule has 2 aromatic rings. The maximum atomic E-state index is 13.5. The summed E-state index contributed by atoms with van der Waals surface area (Å²) in [6, 6.07) is 12.7. The van der Waals surface area contributed by atoms with Crippen molar-refractivity contribution in [3.05, 3.63) is 71.8 Å². The second-order valence-corrected chi connectivity index (χ2v) is 12.2. The predicted molar refractivity (Wildman–Crippen MR) is 148 cm³/mol. The molecule has 218 valence electrons. The van der Waals surface area contributed by atoms with Crippen molar-refractivity contribution < 1.29 is 63.4 Å². The molecule has 3 aliphatic heterocycles. The molecule has 0 aromatic heterocycles. The van der Waals surface area contributed by atoms with E-state index in [-0.39, 0.29) is 42.6 Å². The van der Waals surface area contributed by atoms with Crippen molar-refractivity contribution in [3.63, 3.8) is 0 Å². The number of β-lactam (4-membered cyclic amide) rings is 1. The molecule has 43 heavy (non-hydrogen) atoms. The Hall–Kier alpha value is -3.72. The fourth-order valence-corrected chi connectivity index (χ4v) is 6.73. The number of urea groups is 1. The molecule has 0 bridgehead atoms. The first-order valence-electron chi connectivity index (χ1n) is 13.1. The number of carbonyl (C=O) groups excluding carboxylic acids is 6. The zero-order chi connectivity index (χ0) is 30.2. The van der Waals surface area contributed by atoms with Crippen LogP contribution in [0.15, 0.2) is 65.8 Å². The summed E-state index contributed by atoms with van der Waals surface area (Å²) in [6.07, 6.45) is 1.43. The van der Waals surface area contributed by atoms with Gasteiger partial charge in [-0.3, -0.25) is 24.1 Å². The van der Waals surface area contributed by atoms with Gasteiger partial charge in [-0.05, 0) is 25.0 Å². The molecular weight excluding hydrogens is 587 g/mol. The van der Waals surface area contributed by atoms with Crippen LogP contribution in [0.5, 0.6) is 0 Å². The van der Waals surface area contributed by atoms with E-state index in [9.17, 15) is 33.9 Å². The van der Waals surface area contributed by atoms with Crippen molar-refractivity contribution in [1.82, 2.24) is 25.4 Å². The van der Waals surface area contributed by atoms with Gasteiger partial charge in [0.1, 0.15) is 17.5 Å². The number of fused-ring (bicyclic) bond motifs is 1. The molecular formula is C28H27N6NaO7S. The first-order valence-corrected chi connectivity index (χ1v) is 14.0. The van der Waals surface area contributed by atoms with Gasteiger partial charge in [-0.25, -0.2) is 9.80 Å². The standard InChI is InChI=1S/C28H28N6O7S.Na/c1-28(2)20(26(39)40)34-22(36)19(25(34)42-28)30-21(35)18(17-11-7-4-8-12-17)31-27(41)32-13-14-33(24(38)23(32)37)29-15-16-9-5-3-6-10-16;/h3-12,15,18-20,25H,13-14H2,1-2H3,(H,30,35)(H,31,41)(H,39,40);/q;+1/p-1/t18?,19-,20?,25?;/m1./s1. The van der Waals surface area contributed by atoms with Crippen molar-refractivity contribution in [2.24, 2.45) is 5.10 Å². The molecule has 4 atom stereocenters. The normalized spacial score (nSPS) is 23.3. The van der Waals surface area contributed by atoms with Gasteiger partial charge in [-0.2, -0.15) is 5.10 Å². The SMILES string of the molecule is CC1(C)SC2[C@H](NC(=O)C(NC(=O)N3CCN(N=Cc4ccccc4)C(=O)C3=O)c3ccccc3)C(=O)N2C1C(=O)[O-].[Na+]. The number of carboxylic acid groups (broad SMARTS) is 1. The number of nitrogens with zero attached hydrogens (tertiary/aromatic N) is 4. The number of hydrogen-bond donors (Lipinski definition) is 2. The number of imide groups is 1. The average molecular weight is 615 g/mol. The van der Waals surface area contributed by atoms with E-state index in [0.717, 1.165) is 10.6 Å². The number of benzene rings is 2. The average Bonchev–Trinajstić information content (AvgIpc) is 3.23. The fraction of sp³-hybridized carbons (Fsp3) is 0.321. The number of aliphatic carboxylic acids is 1. The largest absolute Gasteiger partial charge is 1.00 e. The van der Waals surface area contributed by atoms with Crippen LogP contribution in [0.4, 0.5) is 4.79 Å². The second-order valence-electron chi connectivity index (χ2n) is 10.4. The number of amides is 6. The Bertz CT molecular complexity index is 1470. The first kappa shape index (κ1) is 32.2. The van der Waals surface area contributed by atoms with Gasteiger partial charge in [0.25, 0.3) is 0 Å². The third-order valence-electron chi connectivity index (χ3n) is 7.21. The number of hydrogen-bond acceptors (Lipinski definition) is 9. The summed E-state index contributed by atoms with van der Waals surface area (Å²) in [6.45, 7) is 3.14. The van der Waals surface area contributed by atoms with Gasteiger partial charge in [0, 0.05) is 4.75 Å². The van der Waals surface area contributed by atoms with E-state index in [0.29, 0.717) is 10.5 Å². The molecule has 3 aliphatic rings. The van der Waals surface area contributed by atoms with Gasteiger partial charge >= 0.3 is 47.4 Å². The number of hydrazone groups is 1. The monoisotopic (exact) mass is 614 g/mol. The van der Waals surface area contributed by atoms with Crippen LogP contribution in [0.2, 0.25) is 0 Å². The molecule has 3 saturated heterocycles. The summed E-state index contributed by atoms with van der Waals surface area (Å²) in [5, 5.41) is 21.2. The van der Waals surface area contributed by atoms with Crippen LogP contribution in [0.3, 0.4) is 0 Å². The van der Waals surface area contributed by atoms with Crippen molar-refractivity contribution in [3.8, 4) is 0 Å². The van der Waals surface area contributed by atoms with Crippen LogP contribution in [-0.2, 0) is 24.0 Å². The van der Waals surface area contributed by atoms with Crippen LogP contribution < -0.4 is 45.3 Å². The Balaban J connectivity index is 0.00000423. The minimum absolute atomic E-state index is 0.